The monoisotopic (exact) mass is 610 g/mol. The minimum absolute atomic E-state index is 0.0762. The summed E-state index contributed by atoms with van der Waals surface area (Å²) >= 11 is 7.80. The van der Waals surface area contributed by atoms with Crippen LogP contribution in [0.25, 0.3) is 0 Å². The van der Waals surface area contributed by atoms with Crippen molar-refractivity contribution in [2.45, 2.75) is 12.1 Å². The zero-order valence-corrected chi connectivity index (χ0v) is 23.2. The van der Waals surface area contributed by atoms with Crippen molar-refractivity contribution >= 4 is 64.4 Å². The van der Waals surface area contributed by atoms with E-state index in [4.69, 9.17) is 4.74 Å². The van der Waals surface area contributed by atoms with Crippen molar-refractivity contribution < 1.29 is 14.3 Å². The molecule has 0 saturated heterocycles. The number of benzene rings is 4. The Morgan fingerprint density at radius 1 is 0.714 bits per heavy atom. The predicted molar refractivity (Wildman–Crippen MR) is 153 cm³/mol. The first-order valence-electron chi connectivity index (χ1n) is 11.2. The van der Waals surface area contributed by atoms with Crippen LogP contribution in [0.1, 0.15) is 16.8 Å². The Labute approximate surface area is 222 Å². The van der Waals surface area contributed by atoms with Crippen molar-refractivity contribution in [3.05, 3.63) is 125 Å². The first-order chi connectivity index (χ1) is 16.9. The molecule has 0 saturated carbocycles. The molecule has 0 amide bonds. The molecule has 0 radical (unpaired) electrons. The van der Waals surface area contributed by atoms with Gasteiger partial charge in [0.15, 0.2) is 0 Å². The summed E-state index contributed by atoms with van der Waals surface area (Å²) in [5.74, 6) is -0.550. The third kappa shape index (κ3) is 4.53. The average molecular weight is 612 g/mol. The maximum absolute atomic E-state index is 14.5. The number of carbonyl (C=O) groups is 2. The van der Waals surface area contributed by atoms with E-state index >= 15 is 0 Å². The SMILES string of the molecule is COC(=O)CC(C(=O)c1ccc(Br)cc1)P(Br)(c1ccccc1)(c1ccccc1)c1ccccc1. The standard InChI is InChI=1S/C29H25Br2O3P/c1-34-28(32)21-27(29(33)22-17-19-23(30)20-18-22)35(31,24-11-5-2-6-12-24,25-13-7-3-8-14-25)26-15-9-4-10-16-26/h2-20,27H,21H2,1H3. The number of ketones is 1. The molecule has 4 aromatic carbocycles. The summed E-state index contributed by atoms with van der Waals surface area (Å²) in [6, 6.07) is 37.3. The van der Waals surface area contributed by atoms with Crippen molar-refractivity contribution in [3.8, 4) is 0 Å². The van der Waals surface area contributed by atoms with Gasteiger partial charge in [0, 0.05) is 0 Å². The van der Waals surface area contributed by atoms with E-state index in [-0.39, 0.29) is 12.2 Å². The number of hydrogen-bond acceptors (Lipinski definition) is 3. The molecular formula is C29H25Br2O3P. The molecule has 0 N–H and O–H groups in total. The van der Waals surface area contributed by atoms with Crippen molar-refractivity contribution in [2.75, 3.05) is 7.11 Å². The predicted octanol–water partition coefficient (Wildman–Crippen LogP) is 6.40. The van der Waals surface area contributed by atoms with Crippen LogP contribution >= 0.6 is 36.7 Å². The second-order valence-corrected chi connectivity index (χ2v) is 17.9. The van der Waals surface area contributed by atoms with Gasteiger partial charge in [-0.3, -0.25) is 0 Å². The van der Waals surface area contributed by atoms with Crippen molar-refractivity contribution in [1.82, 2.24) is 0 Å². The van der Waals surface area contributed by atoms with Crippen LogP contribution in [0.5, 0.6) is 0 Å². The molecule has 4 aromatic rings. The van der Waals surface area contributed by atoms with Gasteiger partial charge in [-0.15, -0.1) is 0 Å². The Hall–Kier alpha value is -2.59. The van der Waals surface area contributed by atoms with E-state index in [2.05, 4.69) is 31.4 Å². The van der Waals surface area contributed by atoms with E-state index in [9.17, 15) is 9.59 Å². The molecule has 178 valence electrons. The van der Waals surface area contributed by atoms with Gasteiger partial charge < -0.3 is 0 Å². The third-order valence-corrected chi connectivity index (χ3v) is 17.6. The van der Waals surface area contributed by atoms with Crippen LogP contribution in [0.4, 0.5) is 0 Å². The number of hydrogen-bond donors (Lipinski definition) is 0. The van der Waals surface area contributed by atoms with Gasteiger partial charge in [0.1, 0.15) is 0 Å². The molecule has 35 heavy (non-hydrogen) atoms. The van der Waals surface area contributed by atoms with Gasteiger partial charge >= 0.3 is 223 Å². The van der Waals surface area contributed by atoms with Crippen LogP contribution in [0, 0.1) is 0 Å². The molecule has 1 unspecified atom stereocenters. The number of Topliss-reactive ketones (excluding diaryl/α,β-unsaturated/α-hetero) is 1. The Morgan fingerprint density at radius 2 is 1.11 bits per heavy atom. The fourth-order valence-corrected chi connectivity index (χ4v) is 13.4. The van der Waals surface area contributed by atoms with Crippen molar-refractivity contribution in [3.63, 3.8) is 0 Å². The summed E-state index contributed by atoms with van der Waals surface area (Å²) in [6.07, 6.45) is -0.0762. The van der Waals surface area contributed by atoms with Gasteiger partial charge in [0.05, 0.1) is 0 Å². The summed E-state index contributed by atoms with van der Waals surface area (Å²) < 4.78 is 6.01. The molecule has 0 aliphatic carbocycles. The Balaban J connectivity index is 2.15. The fourth-order valence-electron chi connectivity index (χ4n) is 4.68. The molecule has 0 aromatic heterocycles. The zero-order valence-electron chi connectivity index (χ0n) is 19.2. The molecule has 4 rings (SSSR count). The normalized spacial score (nSPS) is 13.3. The summed E-state index contributed by atoms with van der Waals surface area (Å²) in [5, 5.41) is -0.869. The number of rotatable bonds is 8. The molecule has 1 atom stereocenters. The van der Waals surface area contributed by atoms with E-state index in [0.717, 1.165) is 20.4 Å². The molecular weight excluding hydrogens is 587 g/mol. The number of halogens is 2. The summed E-state index contributed by atoms with van der Waals surface area (Å²) in [7, 11) is 1.36. The minimum atomic E-state index is -3.77. The van der Waals surface area contributed by atoms with Crippen LogP contribution in [0.15, 0.2) is 120 Å². The van der Waals surface area contributed by atoms with Gasteiger partial charge in [0.25, 0.3) is 0 Å². The number of methoxy groups -OCH3 is 1. The van der Waals surface area contributed by atoms with Crippen LogP contribution in [0.3, 0.4) is 0 Å². The second-order valence-electron chi connectivity index (χ2n) is 8.25. The summed E-state index contributed by atoms with van der Waals surface area (Å²) in [4.78, 5) is 27.4. The number of ether oxygens (including phenoxy) is 1. The van der Waals surface area contributed by atoms with E-state index in [0.29, 0.717) is 5.56 Å². The number of carbonyl (C=O) groups excluding carboxylic acids is 2. The molecule has 0 aliphatic rings. The molecule has 3 nitrogen and oxygen atoms in total. The van der Waals surface area contributed by atoms with E-state index in [1.54, 1.807) is 12.1 Å². The van der Waals surface area contributed by atoms with Gasteiger partial charge in [-0.05, 0) is 0 Å². The van der Waals surface area contributed by atoms with Gasteiger partial charge in [-0.1, -0.05) is 0 Å². The molecule has 0 heterocycles. The average Bonchev–Trinajstić information content (AvgIpc) is 2.92. The van der Waals surface area contributed by atoms with Crippen LogP contribution in [-0.2, 0) is 9.53 Å². The van der Waals surface area contributed by atoms with E-state index in [1.807, 2.05) is 103 Å². The first kappa shape index (κ1) is 25.5. The van der Waals surface area contributed by atoms with E-state index in [1.165, 1.54) is 7.11 Å². The Morgan fingerprint density at radius 3 is 1.49 bits per heavy atom. The third-order valence-electron chi connectivity index (χ3n) is 6.39. The molecule has 0 aliphatic heterocycles. The van der Waals surface area contributed by atoms with Crippen LogP contribution in [-0.4, -0.2) is 24.5 Å². The van der Waals surface area contributed by atoms with Crippen molar-refractivity contribution in [2.24, 2.45) is 0 Å². The molecule has 6 heteroatoms. The van der Waals surface area contributed by atoms with E-state index < -0.39 is 16.9 Å². The zero-order chi connectivity index (χ0) is 24.9. The quantitative estimate of drug-likeness (QED) is 0.131. The van der Waals surface area contributed by atoms with Gasteiger partial charge in [-0.2, -0.15) is 0 Å². The number of esters is 1. The van der Waals surface area contributed by atoms with Crippen molar-refractivity contribution in [1.29, 1.82) is 0 Å². The molecule has 0 bridgehead atoms. The first-order valence-corrected chi connectivity index (χ1v) is 16.3. The fraction of sp³-hybridized carbons (Fsp3) is 0.103. The second kappa shape index (κ2) is 10.6. The summed E-state index contributed by atoms with van der Waals surface area (Å²) in [6.45, 7) is 0. The van der Waals surface area contributed by atoms with Gasteiger partial charge in [-0.25, -0.2) is 0 Å². The van der Waals surface area contributed by atoms with Gasteiger partial charge in [0.2, 0.25) is 0 Å². The maximum atomic E-state index is 14.5. The Bertz CT molecular complexity index is 1210. The molecule has 0 fully saturated rings. The molecule has 0 spiro atoms. The van der Waals surface area contributed by atoms with Crippen LogP contribution in [0.2, 0.25) is 0 Å². The summed E-state index contributed by atoms with van der Waals surface area (Å²) in [5.41, 5.74) is -0.208. The Kier molecular flexibility index (Phi) is 7.70. The topological polar surface area (TPSA) is 43.4 Å². The van der Waals surface area contributed by atoms with Crippen LogP contribution < -0.4 is 15.9 Å².